The largest absolute Gasteiger partial charge is 0.383 e. The summed E-state index contributed by atoms with van der Waals surface area (Å²) in [5.41, 5.74) is 6.73. The first kappa shape index (κ1) is 11.2. The fourth-order valence-electron chi connectivity index (χ4n) is 1.09. The van der Waals surface area contributed by atoms with Crippen molar-refractivity contribution in [2.24, 2.45) is 10.7 Å². The molecule has 0 spiro atoms. The Balaban J connectivity index is 2.86. The molecule has 0 saturated heterocycles. The average Bonchev–Trinajstić information content (AvgIpc) is 2.29. The minimum Gasteiger partial charge on any atom is -0.383 e. The van der Waals surface area contributed by atoms with Crippen LogP contribution in [0.4, 0.5) is 0 Å². The minimum atomic E-state index is -0.0890. The molecule has 0 atom stereocenters. The number of nitrogens with zero attached hydrogens (tertiary/aromatic N) is 1. The number of aliphatic imine (C=N–C) groups is 1. The van der Waals surface area contributed by atoms with Crippen LogP contribution in [0.15, 0.2) is 47.6 Å². The van der Waals surface area contributed by atoms with Crippen LogP contribution >= 0.6 is 0 Å². The van der Waals surface area contributed by atoms with E-state index in [9.17, 15) is 4.79 Å². The Bertz CT molecular complexity index is 393. The zero-order valence-corrected chi connectivity index (χ0v) is 8.73. The van der Waals surface area contributed by atoms with Gasteiger partial charge in [-0.05, 0) is 0 Å². The van der Waals surface area contributed by atoms with Gasteiger partial charge in [0.05, 0.1) is 0 Å². The summed E-state index contributed by atoms with van der Waals surface area (Å²) >= 11 is 0. The van der Waals surface area contributed by atoms with Gasteiger partial charge in [-0.3, -0.25) is 4.79 Å². The van der Waals surface area contributed by atoms with Crippen LogP contribution in [0, 0.1) is 0 Å². The summed E-state index contributed by atoms with van der Waals surface area (Å²) in [5.74, 6) is 0.233. The molecule has 2 N–H and O–H groups in total. The lowest BCUT2D eigenvalue weighted by Gasteiger charge is -2.01. The highest BCUT2D eigenvalue weighted by Gasteiger charge is 2.04. The van der Waals surface area contributed by atoms with Crippen molar-refractivity contribution in [2.75, 3.05) is 0 Å². The van der Waals surface area contributed by atoms with Crippen molar-refractivity contribution in [1.29, 1.82) is 0 Å². The van der Waals surface area contributed by atoms with Crippen molar-refractivity contribution in [2.45, 2.75) is 13.3 Å². The summed E-state index contributed by atoms with van der Waals surface area (Å²) < 4.78 is 0. The van der Waals surface area contributed by atoms with E-state index in [1.54, 1.807) is 6.92 Å². The van der Waals surface area contributed by atoms with Crippen LogP contribution in [0.5, 0.6) is 0 Å². The minimum absolute atomic E-state index is 0.0890. The lowest BCUT2D eigenvalue weighted by molar-refractivity contribution is -0.115. The first-order valence-corrected chi connectivity index (χ1v) is 4.76. The van der Waals surface area contributed by atoms with E-state index >= 15 is 0 Å². The summed E-state index contributed by atoms with van der Waals surface area (Å²) in [6.45, 7) is 5.34. The summed E-state index contributed by atoms with van der Waals surface area (Å²) in [6, 6.07) is 9.29. The summed E-state index contributed by atoms with van der Waals surface area (Å²) in [5, 5.41) is 0. The molecule has 0 bridgehead atoms. The molecular formula is C12H14N2O. The van der Waals surface area contributed by atoms with E-state index in [0.29, 0.717) is 12.3 Å². The van der Waals surface area contributed by atoms with Gasteiger partial charge in [-0.1, -0.05) is 43.8 Å². The zero-order chi connectivity index (χ0) is 11.3. The maximum Gasteiger partial charge on any atom is 0.180 e. The number of Topliss-reactive ketones (excluding diaryl/α,β-unsaturated/α-hetero) is 1. The topological polar surface area (TPSA) is 55.4 Å². The van der Waals surface area contributed by atoms with Crippen LogP contribution < -0.4 is 5.73 Å². The second-order valence-electron chi connectivity index (χ2n) is 3.09. The monoisotopic (exact) mass is 202 g/mol. The number of hydrogen-bond acceptors (Lipinski definition) is 2. The van der Waals surface area contributed by atoms with E-state index in [2.05, 4.69) is 11.6 Å². The Morgan fingerprint density at radius 2 is 2.00 bits per heavy atom. The molecule has 0 aliphatic heterocycles. The second-order valence-corrected chi connectivity index (χ2v) is 3.09. The molecule has 1 rings (SSSR count). The van der Waals surface area contributed by atoms with Crippen LogP contribution in [-0.2, 0) is 4.79 Å². The third-order valence-corrected chi connectivity index (χ3v) is 1.97. The molecule has 0 unspecified atom stereocenters. The number of allylic oxidation sites excluding steroid dienone is 1. The number of amidine groups is 1. The molecule has 0 fully saturated rings. The van der Waals surface area contributed by atoms with Gasteiger partial charge in [0, 0.05) is 12.0 Å². The molecule has 78 valence electrons. The quantitative estimate of drug-likeness (QED) is 0.460. The van der Waals surface area contributed by atoms with Crippen LogP contribution in [0.25, 0.3) is 0 Å². The normalized spacial score (nSPS) is 11.1. The number of nitrogens with two attached hydrogens (primary N) is 1. The Hall–Kier alpha value is -1.90. The molecule has 1 aromatic rings. The van der Waals surface area contributed by atoms with Gasteiger partial charge in [0.15, 0.2) is 5.78 Å². The van der Waals surface area contributed by atoms with E-state index in [-0.39, 0.29) is 11.5 Å². The van der Waals surface area contributed by atoms with Crippen LogP contribution in [0.1, 0.15) is 18.9 Å². The maximum absolute atomic E-state index is 11.2. The summed E-state index contributed by atoms with van der Waals surface area (Å²) in [7, 11) is 0. The molecule has 15 heavy (non-hydrogen) atoms. The molecule has 0 aliphatic rings. The Morgan fingerprint density at radius 3 is 2.53 bits per heavy atom. The summed E-state index contributed by atoms with van der Waals surface area (Å²) in [4.78, 5) is 15.2. The number of rotatable bonds is 4. The van der Waals surface area contributed by atoms with E-state index in [4.69, 9.17) is 5.73 Å². The maximum atomic E-state index is 11.2. The van der Waals surface area contributed by atoms with Gasteiger partial charge in [-0.15, -0.1) is 0 Å². The summed E-state index contributed by atoms with van der Waals surface area (Å²) in [6.07, 6.45) is 0.393. The SMILES string of the molecule is C=C(N=C(N)c1ccccc1)C(=O)CC. The van der Waals surface area contributed by atoms with Crippen molar-refractivity contribution < 1.29 is 4.79 Å². The Labute approximate surface area is 89.3 Å². The molecule has 0 amide bonds. The highest BCUT2D eigenvalue weighted by molar-refractivity contribution is 6.02. The molecule has 0 saturated carbocycles. The van der Waals surface area contributed by atoms with Crippen molar-refractivity contribution in [3.8, 4) is 0 Å². The van der Waals surface area contributed by atoms with E-state index in [1.165, 1.54) is 0 Å². The fraction of sp³-hybridized carbons (Fsp3) is 0.167. The van der Waals surface area contributed by atoms with Crippen molar-refractivity contribution in [3.63, 3.8) is 0 Å². The third kappa shape index (κ3) is 3.06. The molecule has 1 aromatic carbocycles. The van der Waals surface area contributed by atoms with Crippen LogP contribution in [0.3, 0.4) is 0 Å². The number of carbonyl (C=O) groups is 1. The Kier molecular flexibility index (Phi) is 3.80. The van der Waals surface area contributed by atoms with Gasteiger partial charge in [-0.2, -0.15) is 0 Å². The van der Waals surface area contributed by atoms with Crippen molar-refractivity contribution in [3.05, 3.63) is 48.2 Å². The van der Waals surface area contributed by atoms with Crippen molar-refractivity contribution in [1.82, 2.24) is 0 Å². The average molecular weight is 202 g/mol. The number of benzene rings is 1. The molecule has 0 aliphatic carbocycles. The first-order chi connectivity index (χ1) is 7.15. The van der Waals surface area contributed by atoms with Gasteiger partial charge >= 0.3 is 0 Å². The molecule has 3 heteroatoms. The van der Waals surface area contributed by atoms with E-state index < -0.39 is 0 Å². The molecule has 0 aromatic heterocycles. The Morgan fingerprint density at radius 1 is 1.40 bits per heavy atom. The lowest BCUT2D eigenvalue weighted by Crippen LogP contribution is -2.14. The first-order valence-electron chi connectivity index (χ1n) is 4.76. The predicted molar refractivity (Wildman–Crippen MR) is 61.6 cm³/mol. The van der Waals surface area contributed by atoms with E-state index in [0.717, 1.165) is 5.56 Å². The van der Waals surface area contributed by atoms with Crippen molar-refractivity contribution >= 4 is 11.6 Å². The molecule has 0 heterocycles. The smallest absolute Gasteiger partial charge is 0.180 e. The van der Waals surface area contributed by atoms with Gasteiger partial charge in [0.1, 0.15) is 11.5 Å². The highest BCUT2D eigenvalue weighted by Crippen LogP contribution is 2.03. The molecule has 0 radical (unpaired) electrons. The molecular weight excluding hydrogens is 188 g/mol. The fourth-order valence-corrected chi connectivity index (χ4v) is 1.09. The van der Waals surface area contributed by atoms with E-state index in [1.807, 2.05) is 30.3 Å². The van der Waals surface area contributed by atoms with Crippen LogP contribution in [0.2, 0.25) is 0 Å². The van der Waals surface area contributed by atoms with Gasteiger partial charge in [-0.25, -0.2) is 4.99 Å². The number of carbonyl (C=O) groups excluding carboxylic acids is 1. The lowest BCUT2D eigenvalue weighted by atomic mass is 10.2. The van der Waals surface area contributed by atoms with Gasteiger partial charge in [0.25, 0.3) is 0 Å². The third-order valence-electron chi connectivity index (χ3n) is 1.97. The number of hydrogen-bond donors (Lipinski definition) is 1. The van der Waals surface area contributed by atoms with Gasteiger partial charge < -0.3 is 5.73 Å². The number of ketones is 1. The van der Waals surface area contributed by atoms with Crippen LogP contribution in [-0.4, -0.2) is 11.6 Å². The zero-order valence-electron chi connectivity index (χ0n) is 8.73. The second kappa shape index (κ2) is 5.10. The molecule has 3 nitrogen and oxygen atoms in total. The predicted octanol–water partition coefficient (Wildman–Crippen LogP) is 1.88. The standard InChI is InChI=1S/C12H14N2O/c1-3-11(15)9(2)14-12(13)10-7-5-4-6-8-10/h4-8H,2-3H2,1H3,(H2,13,14). The van der Waals surface area contributed by atoms with Gasteiger partial charge in [0.2, 0.25) is 0 Å². The highest BCUT2D eigenvalue weighted by atomic mass is 16.1.